The van der Waals surface area contributed by atoms with Crippen LogP contribution in [0.5, 0.6) is 0 Å². The van der Waals surface area contributed by atoms with Gasteiger partial charge in [-0.25, -0.2) is 14.6 Å². The van der Waals surface area contributed by atoms with Gasteiger partial charge in [-0.15, -0.1) is 0 Å². The van der Waals surface area contributed by atoms with Crippen molar-refractivity contribution in [3.63, 3.8) is 0 Å². The third-order valence-corrected chi connectivity index (χ3v) is 5.09. The van der Waals surface area contributed by atoms with Crippen LogP contribution in [0.25, 0.3) is 22.3 Å². The van der Waals surface area contributed by atoms with Crippen molar-refractivity contribution in [3.8, 4) is 11.3 Å². The van der Waals surface area contributed by atoms with Gasteiger partial charge in [0.05, 0.1) is 22.6 Å². The lowest BCUT2D eigenvalue weighted by Crippen LogP contribution is -2.23. The summed E-state index contributed by atoms with van der Waals surface area (Å²) in [7, 11) is 1.98. The number of hydrogen-bond donors (Lipinski definition) is 1. The maximum Gasteiger partial charge on any atom is 0.164 e. The second-order valence-electron chi connectivity index (χ2n) is 6.65. The summed E-state index contributed by atoms with van der Waals surface area (Å²) in [6.07, 6.45) is 2.24. The van der Waals surface area contributed by atoms with Crippen molar-refractivity contribution < 1.29 is 4.79 Å². The Kier molecular flexibility index (Phi) is 5.14. The van der Waals surface area contributed by atoms with Crippen LogP contribution in [0, 0.1) is 0 Å². The number of aromatic nitrogens is 4. The van der Waals surface area contributed by atoms with Crippen LogP contribution in [0.4, 0.5) is 11.5 Å². The number of carbonyl (C=O) groups is 1. The molecule has 146 valence electrons. The summed E-state index contributed by atoms with van der Waals surface area (Å²) in [5.41, 5.74) is 9.75. The minimum Gasteiger partial charge on any atom is -0.383 e. The fraction of sp³-hybridized carbons (Fsp3) is 0.143. The Morgan fingerprint density at radius 3 is 2.79 bits per heavy atom. The zero-order valence-electron chi connectivity index (χ0n) is 15.8. The number of para-hydroxylation sites is 1. The highest BCUT2D eigenvalue weighted by Gasteiger charge is 2.17. The average molecular weight is 407 g/mol. The van der Waals surface area contributed by atoms with Gasteiger partial charge < -0.3 is 10.6 Å². The second-order valence-corrected chi connectivity index (χ2v) is 7.05. The molecule has 0 fully saturated rings. The highest BCUT2D eigenvalue weighted by molar-refractivity contribution is 6.33. The van der Waals surface area contributed by atoms with Gasteiger partial charge in [0.2, 0.25) is 0 Å². The molecule has 0 unspecified atom stereocenters. The SMILES string of the molecule is CN(CCn1nc(-c2cccc(C=O)c2)c2c(N)ncnc21)c1ccccc1Cl. The minimum absolute atomic E-state index is 0.354. The Morgan fingerprint density at radius 1 is 1.17 bits per heavy atom. The summed E-state index contributed by atoms with van der Waals surface area (Å²) in [6.45, 7) is 1.24. The first-order valence-corrected chi connectivity index (χ1v) is 9.44. The monoisotopic (exact) mass is 406 g/mol. The third-order valence-electron chi connectivity index (χ3n) is 4.77. The molecule has 2 aromatic heterocycles. The summed E-state index contributed by atoms with van der Waals surface area (Å²) in [5.74, 6) is 0.354. The summed E-state index contributed by atoms with van der Waals surface area (Å²) in [5, 5.41) is 6.11. The smallest absolute Gasteiger partial charge is 0.164 e. The van der Waals surface area contributed by atoms with Crippen LogP contribution >= 0.6 is 11.6 Å². The molecule has 0 aliphatic heterocycles. The predicted octanol–water partition coefficient (Wildman–Crippen LogP) is 3.68. The molecule has 0 bridgehead atoms. The van der Waals surface area contributed by atoms with Crippen LogP contribution < -0.4 is 10.6 Å². The molecule has 2 N–H and O–H groups in total. The number of nitrogen functional groups attached to an aromatic ring is 1. The van der Waals surface area contributed by atoms with Gasteiger partial charge in [-0.05, 0) is 18.2 Å². The van der Waals surface area contributed by atoms with Gasteiger partial charge in [0, 0.05) is 24.7 Å². The molecule has 4 rings (SSSR count). The van der Waals surface area contributed by atoms with E-state index in [4.69, 9.17) is 22.4 Å². The first-order valence-electron chi connectivity index (χ1n) is 9.06. The Morgan fingerprint density at radius 2 is 2.00 bits per heavy atom. The molecule has 7 nitrogen and oxygen atoms in total. The van der Waals surface area contributed by atoms with Crippen LogP contribution in [-0.2, 0) is 6.54 Å². The van der Waals surface area contributed by atoms with E-state index < -0.39 is 0 Å². The molecular weight excluding hydrogens is 388 g/mol. The normalized spacial score (nSPS) is 11.0. The number of nitrogens with zero attached hydrogens (tertiary/aromatic N) is 5. The summed E-state index contributed by atoms with van der Waals surface area (Å²) < 4.78 is 1.81. The van der Waals surface area contributed by atoms with E-state index in [1.165, 1.54) is 6.33 Å². The molecular formula is C21H19ClN6O. The Labute approximate surface area is 172 Å². The van der Waals surface area contributed by atoms with Crippen molar-refractivity contribution >= 4 is 40.4 Å². The van der Waals surface area contributed by atoms with Crippen molar-refractivity contribution in [2.24, 2.45) is 0 Å². The fourth-order valence-corrected chi connectivity index (χ4v) is 3.55. The Hall–Kier alpha value is -3.45. The molecule has 0 saturated carbocycles. The van der Waals surface area contributed by atoms with Crippen molar-refractivity contribution in [3.05, 3.63) is 65.4 Å². The molecule has 0 saturated heterocycles. The van der Waals surface area contributed by atoms with Crippen molar-refractivity contribution in [2.45, 2.75) is 6.54 Å². The van der Waals surface area contributed by atoms with Gasteiger partial charge in [0.1, 0.15) is 24.1 Å². The predicted molar refractivity (Wildman–Crippen MR) is 115 cm³/mol. The topological polar surface area (TPSA) is 89.9 Å². The molecule has 0 aliphatic rings. The minimum atomic E-state index is 0.354. The lowest BCUT2D eigenvalue weighted by atomic mass is 10.1. The quantitative estimate of drug-likeness (QED) is 0.491. The third kappa shape index (κ3) is 3.64. The molecule has 4 aromatic rings. The maximum absolute atomic E-state index is 11.2. The Bertz CT molecular complexity index is 1190. The molecule has 2 aromatic carbocycles. The number of aldehydes is 1. The van der Waals surface area contributed by atoms with Crippen LogP contribution in [0.3, 0.4) is 0 Å². The zero-order chi connectivity index (χ0) is 20.4. The summed E-state index contributed by atoms with van der Waals surface area (Å²) in [6, 6.07) is 14.9. The highest BCUT2D eigenvalue weighted by atomic mass is 35.5. The van der Waals surface area contributed by atoms with Crippen LogP contribution in [0.15, 0.2) is 54.9 Å². The zero-order valence-corrected chi connectivity index (χ0v) is 16.5. The number of fused-ring (bicyclic) bond motifs is 1. The number of hydrogen-bond acceptors (Lipinski definition) is 6. The summed E-state index contributed by atoms with van der Waals surface area (Å²) in [4.78, 5) is 21.8. The summed E-state index contributed by atoms with van der Waals surface area (Å²) >= 11 is 6.30. The first-order chi connectivity index (χ1) is 14.1. The molecule has 0 spiro atoms. The highest BCUT2D eigenvalue weighted by Crippen LogP contribution is 2.30. The molecule has 0 amide bonds. The standard InChI is InChI=1S/C21H19ClN6O/c1-27(17-8-3-2-7-16(17)22)9-10-28-21-18(20(23)24-13-25-21)19(26-28)15-6-4-5-14(11-15)12-29/h2-8,11-13H,9-10H2,1H3,(H2,23,24,25). The van der Waals surface area contributed by atoms with Gasteiger partial charge in [-0.2, -0.15) is 5.10 Å². The van der Waals surface area contributed by atoms with E-state index >= 15 is 0 Å². The van der Waals surface area contributed by atoms with E-state index in [1.807, 2.05) is 48.1 Å². The first kappa shape index (κ1) is 18.9. The van der Waals surface area contributed by atoms with Gasteiger partial charge in [-0.3, -0.25) is 4.79 Å². The number of likely N-dealkylation sites (N-methyl/N-ethyl adjacent to an activating group) is 1. The van der Waals surface area contributed by atoms with Crippen LogP contribution in [-0.4, -0.2) is 39.6 Å². The van der Waals surface area contributed by atoms with Gasteiger partial charge in [0.25, 0.3) is 0 Å². The maximum atomic E-state index is 11.2. The lowest BCUT2D eigenvalue weighted by molar-refractivity contribution is 0.112. The molecule has 8 heteroatoms. The van der Waals surface area contributed by atoms with Crippen molar-refractivity contribution in [2.75, 3.05) is 24.2 Å². The molecule has 0 aliphatic carbocycles. The average Bonchev–Trinajstić information content (AvgIpc) is 3.12. The number of benzene rings is 2. The van der Waals surface area contributed by atoms with E-state index in [9.17, 15) is 4.79 Å². The largest absolute Gasteiger partial charge is 0.383 e. The van der Waals surface area contributed by atoms with E-state index in [0.29, 0.717) is 46.2 Å². The number of carbonyl (C=O) groups excluding carboxylic acids is 1. The molecule has 29 heavy (non-hydrogen) atoms. The van der Waals surface area contributed by atoms with Gasteiger partial charge in [-0.1, -0.05) is 41.9 Å². The molecule has 0 radical (unpaired) electrons. The van der Waals surface area contributed by atoms with Crippen molar-refractivity contribution in [1.29, 1.82) is 0 Å². The van der Waals surface area contributed by atoms with Crippen molar-refractivity contribution in [1.82, 2.24) is 19.7 Å². The van der Waals surface area contributed by atoms with E-state index in [2.05, 4.69) is 14.9 Å². The van der Waals surface area contributed by atoms with Gasteiger partial charge >= 0.3 is 0 Å². The Balaban J connectivity index is 1.71. The molecule has 0 atom stereocenters. The number of nitrogens with two attached hydrogens (primary N) is 1. The van der Waals surface area contributed by atoms with E-state index in [1.54, 1.807) is 12.1 Å². The van der Waals surface area contributed by atoms with E-state index in [0.717, 1.165) is 17.5 Å². The van der Waals surface area contributed by atoms with Crippen LogP contribution in [0.2, 0.25) is 5.02 Å². The molecule has 2 heterocycles. The number of anilines is 2. The van der Waals surface area contributed by atoms with Gasteiger partial charge in [0.15, 0.2) is 5.65 Å². The number of halogens is 1. The lowest BCUT2D eigenvalue weighted by Gasteiger charge is -2.20. The fourth-order valence-electron chi connectivity index (χ4n) is 3.27. The number of rotatable bonds is 6. The van der Waals surface area contributed by atoms with Crippen LogP contribution in [0.1, 0.15) is 10.4 Å². The van der Waals surface area contributed by atoms with E-state index in [-0.39, 0.29) is 0 Å². The second kappa shape index (κ2) is 7.89.